The van der Waals surface area contributed by atoms with E-state index < -0.39 is 16.6 Å². The fourth-order valence-electron chi connectivity index (χ4n) is 3.59. The first kappa shape index (κ1) is 27.2. The van der Waals surface area contributed by atoms with Crippen LogP contribution in [0.3, 0.4) is 0 Å². The summed E-state index contributed by atoms with van der Waals surface area (Å²) in [7, 11) is -3.36. The number of hydrogen-bond acceptors (Lipinski definition) is 5. The van der Waals surface area contributed by atoms with E-state index in [-0.39, 0.29) is 29.5 Å². The molecule has 2 atom stereocenters. The molecule has 4 nitrogen and oxygen atoms in total. The highest BCUT2D eigenvalue weighted by molar-refractivity contribution is 8.00. The first-order valence-corrected chi connectivity index (χ1v) is 19.4. The second kappa shape index (κ2) is 12.5. The minimum Gasteiger partial charge on any atom is -0.411 e. The van der Waals surface area contributed by atoms with E-state index in [1.165, 1.54) is 0 Å². The number of allylic oxidation sites excluding steroid dienone is 1. The monoisotopic (exact) mass is 492 g/mol. The standard InChI is InChI=1S/C25H40O4SSi2/c1-31(2,3)28-19-24(27)25(30-22-14-10-8-11-15-22)16-12-7-9-13-20-17-21(18-23(20)26)29-32(4,5)6/h8,10-11,14-15,17,21,25H,7,9,12-13,16,18-19H2,1-6H3. The molecule has 1 aliphatic rings. The van der Waals surface area contributed by atoms with Gasteiger partial charge in [0, 0.05) is 11.3 Å². The van der Waals surface area contributed by atoms with Crippen molar-refractivity contribution in [3.8, 4) is 0 Å². The summed E-state index contributed by atoms with van der Waals surface area (Å²) in [5.41, 5.74) is 0.933. The summed E-state index contributed by atoms with van der Waals surface area (Å²) in [5, 5.41) is -0.0874. The van der Waals surface area contributed by atoms with Crippen molar-refractivity contribution in [1.29, 1.82) is 0 Å². The lowest BCUT2D eigenvalue weighted by atomic mass is 10.0. The van der Waals surface area contributed by atoms with Crippen molar-refractivity contribution in [3.63, 3.8) is 0 Å². The van der Waals surface area contributed by atoms with Crippen LogP contribution in [0, 0.1) is 0 Å². The summed E-state index contributed by atoms with van der Waals surface area (Å²) in [6, 6.07) is 10.1. The Bertz CT molecular complexity index is 781. The molecule has 2 unspecified atom stereocenters. The van der Waals surface area contributed by atoms with Crippen LogP contribution < -0.4 is 0 Å². The lowest BCUT2D eigenvalue weighted by molar-refractivity contribution is -0.120. The third-order valence-corrected chi connectivity index (χ3v) is 8.42. The predicted octanol–water partition coefficient (Wildman–Crippen LogP) is 6.64. The molecule has 0 saturated carbocycles. The highest BCUT2D eigenvalue weighted by Gasteiger charge is 2.28. The summed E-state index contributed by atoms with van der Waals surface area (Å²) < 4.78 is 12.0. The SMILES string of the molecule is C[Si](C)(C)OCC(=O)C(CCCCCC1=CC(O[Si](C)(C)C)CC1=O)Sc1ccccc1. The van der Waals surface area contributed by atoms with Crippen LogP contribution in [-0.4, -0.2) is 46.2 Å². The van der Waals surface area contributed by atoms with Gasteiger partial charge in [-0.2, -0.15) is 0 Å². The molecule has 0 N–H and O–H groups in total. The predicted molar refractivity (Wildman–Crippen MR) is 139 cm³/mol. The Labute approximate surface area is 200 Å². The molecule has 32 heavy (non-hydrogen) atoms. The van der Waals surface area contributed by atoms with Gasteiger partial charge in [-0.3, -0.25) is 9.59 Å². The number of carbonyl (C=O) groups excluding carboxylic acids is 2. The molecule has 1 aromatic carbocycles. The third-order valence-electron chi connectivity index (χ3n) is 5.08. The second-order valence-electron chi connectivity index (χ2n) is 10.5. The van der Waals surface area contributed by atoms with Gasteiger partial charge >= 0.3 is 0 Å². The molecule has 2 rings (SSSR count). The van der Waals surface area contributed by atoms with Gasteiger partial charge in [0.25, 0.3) is 0 Å². The molecule has 0 saturated heterocycles. The average Bonchev–Trinajstić information content (AvgIpc) is 3.02. The molecular formula is C25H40O4SSi2. The summed E-state index contributed by atoms with van der Waals surface area (Å²) in [4.78, 5) is 26.3. The van der Waals surface area contributed by atoms with Gasteiger partial charge in [-0.15, -0.1) is 11.8 Å². The van der Waals surface area contributed by atoms with Crippen LogP contribution in [0.2, 0.25) is 39.3 Å². The van der Waals surface area contributed by atoms with Gasteiger partial charge < -0.3 is 8.85 Å². The Balaban J connectivity index is 1.82. The first-order chi connectivity index (χ1) is 14.9. The van der Waals surface area contributed by atoms with E-state index >= 15 is 0 Å². The van der Waals surface area contributed by atoms with E-state index in [0.29, 0.717) is 6.42 Å². The zero-order valence-electron chi connectivity index (χ0n) is 20.6. The van der Waals surface area contributed by atoms with E-state index in [2.05, 4.69) is 51.4 Å². The summed E-state index contributed by atoms with van der Waals surface area (Å²) in [6.45, 7) is 13.0. The number of rotatable bonds is 14. The molecule has 0 heterocycles. The maximum atomic E-state index is 12.9. The van der Waals surface area contributed by atoms with Crippen LogP contribution in [0.15, 0.2) is 46.9 Å². The highest BCUT2D eigenvalue weighted by atomic mass is 32.2. The van der Waals surface area contributed by atoms with Gasteiger partial charge in [-0.05, 0) is 82.3 Å². The molecule has 7 heteroatoms. The topological polar surface area (TPSA) is 52.6 Å². The molecule has 0 aromatic heterocycles. The molecule has 0 amide bonds. The third kappa shape index (κ3) is 10.7. The largest absolute Gasteiger partial charge is 0.411 e. The Morgan fingerprint density at radius 3 is 2.34 bits per heavy atom. The van der Waals surface area contributed by atoms with E-state index in [1.807, 2.05) is 24.3 Å². The van der Waals surface area contributed by atoms with Crippen LogP contribution >= 0.6 is 11.8 Å². The van der Waals surface area contributed by atoms with Crippen molar-refractivity contribution < 1.29 is 18.4 Å². The van der Waals surface area contributed by atoms with Crippen LogP contribution in [0.25, 0.3) is 0 Å². The summed E-state index contributed by atoms with van der Waals surface area (Å²) in [6.07, 6.45) is 7.12. The average molecular weight is 493 g/mol. The van der Waals surface area contributed by atoms with Crippen molar-refractivity contribution in [1.82, 2.24) is 0 Å². The van der Waals surface area contributed by atoms with Crippen LogP contribution in [0.5, 0.6) is 0 Å². The Morgan fingerprint density at radius 2 is 1.72 bits per heavy atom. The number of ketones is 2. The normalized spacial score (nSPS) is 18.0. The molecule has 1 aliphatic carbocycles. The number of Topliss-reactive ketones (excluding diaryl/α,β-unsaturated/α-hetero) is 2. The maximum absolute atomic E-state index is 12.9. The van der Waals surface area contributed by atoms with Crippen molar-refractivity contribution >= 4 is 40.0 Å². The van der Waals surface area contributed by atoms with E-state index in [0.717, 1.165) is 42.6 Å². The van der Waals surface area contributed by atoms with E-state index in [1.54, 1.807) is 11.8 Å². The van der Waals surface area contributed by atoms with E-state index in [4.69, 9.17) is 8.85 Å². The molecule has 178 valence electrons. The molecule has 0 aliphatic heterocycles. The van der Waals surface area contributed by atoms with Crippen molar-refractivity contribution in [2.24, 2.45) is 0 Å². The minimum absolute atomic E-state index is 0.0280. The zero-order chi connectivity index (χ0) is 23.8. The molecular weight excluding hydrogens is 453 g/mol. The molecule has 0 radical (unpaired) electrons. The number of thioether (sulfide) groups is 1. The maximum Gasteiger partial charge on any atom is 0.184 e. The van der Waals surface area contributed by atoms with Crippen molar-refractivity contribution in [2.45, 2.75) is 94.1 Å². The van der Waals surface area contributed by atoms with Gasteiger partial charge in [0.05, 0.1) is 18.0 Å². The lowest BCUT2D eigenvalue weighted by Crippen LogP contribution is -2.32. The summed E-state index contributed by atoms with van der Waals surface area (Å²) in [5.74, 6) is 0.422. The van der Waals surface area contributed by atoms with Gasteiger partial charge in [0.1, 0.15) is 0 Å². The molecule has 0 spiro atoms. The summed E-state index contributed by atoms with van der Waals surface area (Å²) >= 11 is 1.64. The minimum atomic E-state index is -1.72. The van der Waals surface area contributed by atoms with Gasteiger partial charge in [0.15, 0.2) is 28.2 Å². The number of hydrogen-bond donors (Lipinski definition) is 0. The number of carbonyl (C=O) groups is 2. The zero-order valence-corrected chi connectivity index (χ0v) is 23.4. The van der Waals surface area contributed by atoms with Gasteiger partial charge in [-0.25, -0.2) is 0 Å². The Morgan fingerprint density at radius 1 is 1.03 bits per heavy atom. The fraction of sp³-hybridized carbons (Fsp3) is 0.600. The quantitative estimate of drug-likeness (QED) is 0.166. The van der Waals surface area contributed by atoms with Crippen LogP contribution in [0.4, 0.5) is 0 Å². The highest BCUT2D eigenvalue weighted by Crippen LogP contribution is 2.29. The lowest BCUT2D eigenvalue weighted by Gasteiger charge is -2.21. The van der Waals surface area contributed by atoms with E-state index in [9.17, 15) is 9.59 Å². The number of benzene rings is 1. The smallest absolute Gasteiger partial charge is 0.184 e. The van der Waals surface area contributed by atoms with Crippen molar-refractivity contribution in [3.05, 3.63) is 42.0 Å². The van der Waals surface area contributed by atoms with Crippen LogP contribution in [-0.2, 0) is 18.4 Å². The molecule has 0 bridgehead atoms. The van der Waals surface area contributed by atoms with Gasteiger partial charge in [-0.1, -0.05) is 31.0 Å². The Kier molecular flexibility index (Phi) is 10.6. The number of unbranched alkanes of at least 4 members (excludes halogenated alkanes) is 2. The first-order valence-electron chi connectivity index (χ1n) is 11.7. The van der Waals surface area contributed by atoms with Crippen LogP contribution in [0.1, 0.15) is 38.5 Å². The van der Waals surface area contributed by atoms with Gasteiger partial charge in [0.2, 0.25) is 0 Å². The molecule has 1 aromatic rings. The fourth-order valence-corrected chi connectivity index (χ4v) is 6.36. The Hall–Kier alpha value is -0.996. The molecule has 0 fully saturated rings. The van der Waals surface area contributed by atoms with Crippen molar-refractivity contribution in [2.75, 3.05) is 6.61 Å². The second-order valence-corrected chi connectivity index (χ2v) is 20.7.